The molecule has 1 aromatic heterocycles. The highest BCUT2D eigenvalue weighted by molar-refractivity contribution is 9.10. The SMILES string of the molecule is Cc1cccc(-c2n[nH]c(=S)n2CC(=O)NCC(=O)Nc2ccc(Br)cc2C)c1. The third-order valence-corrected chi connectivity index (χ3v) is 5.05. The van der Waals surface area contributed by atoms with E-state index in [1.807, 2.05) is 50.2 Å². The first kappa shape index (κ1) is 20.9. The Kier molecular flexibility index (Phi) is 6.60. The van der Waals surface area contributed by atoms with Crippen molar-refractivity contribution in [2.45, 2.75) is 20.4 Å². The maximum absolute atomic E-state index is 12.4. The van der Waals surface area contributed by atoms with Gasteiger partial charge in [0.1, 0.15) is 6.54 Å². The van der Waals surface area contributed by atoms with Gasteiger partial charge in [-0.15, -0.1) is 0 Å². The van der Waals surface area contributed by atoms with Crippen molar-refractivity contribution in [3.63, 3.8) is 0 Å². The molecule has 0 aliphatic heterocycles. The molecule has 0 saturated carbocycles. The number of hydrogen-bond donors (Lipinski definition) is 3. The van der Waals surface area contributed by atoms with Gasteiger partial charge >= 0.3 is 0 Å². The Bertz CT molecular complexity index is 1120. The van der Waals surface area contributed by atoms with Crippen molar-refractivity contribution in [2.24, 2.45) is 0 Å². The van der Waals surface area contributed by atoms with Crippen LogP contribution in [-0.4, -0.2) is 33.1 Å². The number of halogens is 1. The number of nitrogens with zero attached hydrogens (tertiary/aromatic N) is 2. The highest BCUT2D eigenvalue weighted by Gasteiger charge is 2.13. The van der Waals surface area contributed by atoms with Gasteiger partial charge in [-0.2, -0.15) is 5.10 Å². The number of rotatable bonds is 6. The van der Waals surface area contributed by atoms with E-state index >= 15 is 0 Å². The zero-order valence-electron chi connectivity index (χ0n) is 16.0. The first-order valence-corrected chi connectivity index (χ1v) is 10.1. The van der Waals surface area contributed by atoms with Crippen LogP contribution in [0.2, 0.25) is 0 Å². The number of aromatic amines is 1. The third-order valence-electron chi connectivity index (χ3n) is 4.24. The molecule has 3 rings (SSSR count). The van der Waals surface area contributed by atoms with Crippen LogP contribution in [0, 0.1) is 18.6 Å². The molecular formula is C20H20BrN5O2S. The molecule has 7 nitrogen and oxygen atoms in total. The second-order valence-corrected chi connectivity index (χ2v) is 7.89. The van der Waals surface area contributed by atoms with E-state index in [4.69, 9.17) is 12.2 Å². The second kappa shape index (κ2) is 9.15. The minimum Gasteiger partial charge on any atom is -0.345 e. The van der Waals surface area contributed by atoms with Gasteiger partial charge in [-0.05, 0) is 55.9 Å². The molecule has 3 N–H and O–H groups in total. The van der Waals surface area contributed by atoms with E-state index in [9.17, 15) is 9.59 Å². The van der Waals surface area contributed by atoms with E-state index in [0.717, 1.165) is 21.2 Å². The fourth-order valence-corrected chi connectivity index (χ4v) is 3.48. The highest BCUT2D eigenvalue weighted by Crippen LogP contribution is 2.20. The minimum absolute atomic E-state index is 0.0385. The minimum atomic E-state index is -0.334. The summed E-state index contributed by atoms with van der Waals surface area (Å²) in [4.78, 5) is 24.5. The Labute approximate surface area is 181 Å². The summed E-state index contributed by atoms with van der Waals surface area (Å²) in [6.45, 7) is 3.70. The zero-order valence-corrected chi connectivity index (χ0v) is 18.4. The van der Waals surface area contributed by atoms with Crippen molar-refractivity contribution in [2.75, 3.05) is 11.9 Å². The van der Waals surface area contributed by atoms with Gasteiger partial charge in [-0.1, -0.05) is 39.7 Å². The summed E-state index contributed by atoms with van der Waals surface area (Å²) in [5, 5.41) is 12.4. The lowest BCUT2D eigenvalue weighted by Gasteiger charge is -2.11. The molecule has 2 amide bonds. The number of H-pyrrole nitrogens is 1. The number of nitrogens with one attached hydrogen (secondary N) is 3. The maximum atomic E-state index is 12.4. The number of carbonyl (C=O) groups excluding carboxylic acids is 2. The summed E-state index contributed by atoms with van der Waals surface area (Å²) in [5.74, 6) is -0.0682. The molecular weight excluding hydrogens is 454 g/mol. The van der Waals surface area contributed by atoms with Crippen LogP contribution in [0.1, 0.15) is 11.1 Å². The Morgan fingerprint density at radius 1 is 1.17 bits per heavy atom. The summed E-state index contributed by atoms with van der Waals surface area (Å²) < 4.78 is 2.88. The molecule has 0 fully saturated rings. The Morgan fingerprint density at radius 3 is 2.69 bits per heavy atom. The molecule has 0 unspecified atom stereocenters. The number of benzene rings is 2. The van der Waals surface area contributed by atoms with Crippen LogP contribution in [0.15, 0.2) is 46.9 Å². The first-order chi connectivity index (χ1) is 13.8. The van der Waals surface area contributed by atoms with Crippen molar-refractivity contribution in [1.82, 2.24) is 20.1 Å². The van der Waals surface area contributed by atoms with Crippen LogP contribution in [0.25, 0.3) is 11.4 Å². The van der Waals surface area contributed by atoms with Crippen molar-refractivity contribution in [1.29, 1.82) is 0 Å². The van der Waals surface area contributed by atoms with Crippen LogP contribution in [0.4, 0.5) is 5.69 Å². The molecule has 9 heteroatoms. The van der Waals surface area contributed by atoms with Gasteiger partial charge in [0, 0.05) is 15.7 Å². The van der Waals surface area contributed by atoms with E-state index in [0.29, 0.717) is 16.3 Å². The molecule has 2 aromatic carbocycles. The van der Waals surface area contributed by atoms with Crippen LogP contribution < -0.4 is 10.6 Å². The number of amides is 2. The average Bonchev–Trinajstić information content (AvgIpc) is 3.03. The van der Waals surface area contributed by atoms with Gasteiger partial charge in [-0.3, -0.25) is 19.3 Å². The van der Waals surface area contributed by atoms with Crippen LogP contribution in [-0.2, 0) is 16.1 Å². The molecule has 0 bridgehead atoms. The quantitative estimate of drug-likeness (QED) is 0.475. The number of aromatic nitrogens is 3. The van der Waals surface area contributed by atoms with Gasteiger partial charge in [-0.25, -0.2) is 0 Å². The van der Waals surface area contributed by atoms with Gasteiger partial charge in [0.05, 0.1) is 6.54 Å². The molecule has 0 radical (unpaired) electrons. The molecule has 150 valence electrons. The number of aryl methyl sites for hydroxylation is 2. The third kappa shape index (κ3) is 5.39. The number of hydrogen-bond acceptors (Lipinski definition) is 4. The standard InChI is InChI=1S/C20H20BrN5O2S/c1-12-4-3-5-14(8-12)19-24-25-20(29)26(19)11-18(28)22-10-17(27)23-16-7-6-15(21)9-13(16)2/h3-9H,10-11H2,1-2H3,(H,22,28)(H,23,27)(H,25,29). The molecule has 0 aliphatic carbocycles. The molecule has 0 atom stereocenters. The monoisotopic (exact) mass is 473 g/mol. The Hall–Kier alpha value is -2.78. The summed E-state index contributed by atoms with van der Waals surface area (Å²) >= 11 is 8.64. The summed E-state index contributed by atoms with van der Waals surface area (Å²) in [7, 11) is 0. The van der Waals surface area contributed by atoms with Crippen molar-refractivity contribution >= 4 is 45.6 Å². The average molecular weight is 474 g/mol. The predicted octanol–water partition coefficient (Wildman–Crippen LogP) is 3.74. The fourth-order valence-electron chi connectivity index (χ4n) is 2.81. The predicted molar refractivity (Wildman–Crippen MR) is 118 cm³/mol. The summed E-state index contributed by atoms with van der Waals surface area (Å²) in [5.41, 5.74) is 3.55. The van der Waals surface area contributed by atoms with Gasteiger partial charge in [0.25, 0.3) is 0 Å². The largest absolute Gasteiger partial charge is 0.345 e. The molecule has 0 saturated heterocycles. The molecule has 0 spiro atoms. The second-order valence-electron chi connectivity index (χ2n) is 6.59. The highest BCUT2D eigenvalue weighted by atomic mass is 79.9. The van der Waals surface area contributed by atoms with Gasteiger partial charge < -0.3 is 10.6 Å². The Morgan fingerprint density at radius 2 is 1.97 bits per heavy atom. The van der Waals surface area contributed by atoms with Gasteiger partial charge in [0.15, 0.2) is 10.6 Å². The van der Waals surface area contributed by atoms with Crippen LogP contribution in [0.3, 0.4) is 0 Å². The summed E-state index contributed by atoms with van der Waals surface area (Å²) in [6.07, 6.45) is 0. The van der Waals surface area contributed by atoms with Gasteiger partial charge in [0.2, 0.25) is 11.8 Å². The lowest BCUT2D eigenvalue weighted by molar-refractivity contribution is -0.124. The van der Waals surface area contributed by atoms with Crippen molar-refractivity contribution < 1.29 is 9.59 Å². The Balaban J connectivity index is 1.62. The molecule has 0 aliphatic rings. The topological polar surface area (TPSA) is 91.8 Å². The summed E-state index contributed by atoms with van der Waals surface area (Å²) in [6, 6.07) is 13.3. The first-order valence-electron chi connectivity index (χ1n) is 8.88. The van der Waals surface area contributed by atoms with E-state index in [1.54, 1.807) is 10.6 Å². The lowest BCUT2D eigenvalue weighted by Crippen LogP contribution is -2.35. The van der Waals surface area contributed by atoms with E-state index in [-0.39, 0.29) is 24.9 Å². The van der Waals surface area contributed by atoms with Crippen molar-refractivity contribution in [3.05, 3.63) is 62.8 Å². The van der Waals surface area contributed by atoms with Crippen molar-refractivity contribution in [3.8, 4) is 11.4 Å². The normalized spacial score (nSPS) is 10.6. The molecule has 3 aromatic rings. The molecule has 1 heterocycles. The van der Waals surface area contributed by atoms with E-state index in [2.05, 4.69) is 36.8 Å². The van der Waals surface area contributed by atoms with Crippen LogP contribution >= 0.6 is 28.1 Å². The maximum Gasteiger partial charge on any atom is 0.243 e. The zero-order chi connectivity index (χ0) is 21.0. The number of anilines is 1. The smallest absolute Gasteiger partial charge is 0.243 e. The van der Waals surface area contributed by atoms with E-state index in [1.165, 1.54) is 0 Å². The lowest BCUT2D eigenvalue weighted by atomic mass is 10.1. The molecule has 29 heavy (non-hydrogen) atoms. The van der Waals surface area contributed by atoms with Crippen LogP contribution in [0.5, 0.6) is 0 Å². The number of carbonyl (C=O) groups is 2. The fraction of sp³-hybridized carbons (Fsp3) is 0.200. The van der Waals surface area contributed by atoms with E-state index < -0.39 is 0 Å².